The van der Waals surface area contributed by atoms with E-state index < -0.39 is 22.5 Å². The third-order valence-electron chi connectivity index (χ3n) is 5.06. The molecule has 0 fully saturated rings. The van der Waals surface area contributed by atoms with Gasteiger partial charge in [0.2, 0.25) is 5.91 Å². The Hall–Kier alpha value is -2.54. The van der Waals surface area contributed by atoms with Crippen molar-refractivity contribution < 1.29 is 13.2 Å². The van der Waals surface area contributed by atoms with E-state index in [1.807, 2.05) is 31.2 Å². The second kappa shape index (κ2) is 10.4. The van der Waals surface area contributed by atoms with Crippen LogP contribution in [0.15, 0.2) is 77.7 Å². The van der Waals surface area contributed by atoms with Gasteiger partial charge in [-0.1, -0.05) is 72.6 Å². The van der Waals surface area contributed by atoms with E-state index in [9.17, 15) is 13.2 Å². The minimum Gasteiger partial charge on any atom is -0.348 e. The number of carbonyl (C=O) groups excluding carboxylic acids is 1. The summed E-state index contributed by atoms with van der Waals surface area (Å²) in [4.78, 5) is 13.0. The van der Waals surface area contributed by atoms with Crippen molar-refractivity contribution >= 4 is 44.8 Å². The van der Waals surface area contributed by atoms with E-state index >= 15 is 0 Å². The van der Waals surface area contributed by atoms with Gasteiger partial charge in [-0.3, -0.25) is 9.10 Å². The topological polar surface area (TPSA) is 66.5 Å². The van der Waals surface area contributed by atoms with Crippen LogP contribution in [0.2, 0.25) is 10.0 Å². The van der Waals surface area contributed by atoms with E-state index in [1.165, 1.54) is 35.9 Å². The van der Waals surface area contributed by atoms with Gasteiger partial charge in [0.25, 0.3) is 10.0 Å². The minimum atomic E-state index is -4.05. The number of benzene rings is 3. The first kappa shape index (κ1) is 24.1. The average molecular weight is 491 g/mol. The molecule has 32 heavy (non-hydrogen) atoms. The van der Waals surface area contributed by atoms with E-state index in [2.05, 4.69) is 12.2 Å². The zero-order chi connectivity index (χ0) is 23.3. The maximum absolute atomic E-state index is 13.4. The zero-order valence-electron chi connectivity index (χ0n) is 17.8. The molecule has 0 spiro atoms. The van der Waals surface area contributed by atoms with Crippen LogP contribution in [0.1, 0.15) is 31.0 Å². The normalized spacial score (nSPS) is 12.2. The zero-order valence-corrected chi connectivity index (χ0v) is 20.1. The number of halogens is 2. The molecule has 1 N–H and O–H groups in total. The molecular weight excluding hydrogens is 467 g/mol. The first-order chi connectivity index (χ1) is 15.2. The molecule has 0 heterocycles. The molecule has 5 nitrogen and oxygen atoms in total. The maximum atomic E-state index is 13.4. The van der Waals surface area contributed by atoms with Gasteiger partial charge in [0.05, 0.1) is 21.6 Å². The van der Waals surface area contributed by atoms with Crippen LogP contribution in [0.4, 0.5) is 5.69 Å². The van der Waals surface area contributed by atoms with E-state index in [4.69, 9.17) is 23.2 Å². The molecule has 1 unspecified atom stereocenters. The van der Waals surface area contributed by atoms with Crippen molar-refractivity contribution in [2.45, 2.75) is 31.2 Å². The number of aryl methyl sites for hydroxylation is 1. The molecule has 0 aliphatic heterocycles. The van der Waals surface area contributed by atoms with Gasteiger partial charge in [-0.15, -0.1) is 0 Å². The van der Waals surface area contributed by atoms with Crippen molar-refractivity contribution in [2.75, 3.05) is 10.8 Å². The van der Waals surface area contributed by atoms with Crippen molar-refractivity contribution in [1.29, 1.82) is 0 Å². The molecule has 168 valence electrons. The number of rotatable bonds is 8. The molecule has 1 atom stereocenters. The molecule has 0 aliphatic carbocycles. The molecular formula is C24H24Cl2N2O3S. The van der Waals surface area contributed by atoms with Crippen LogP contribution in [0.5, 0.6) is 0 Å². The number of anilines is 1. The summed E-state index contributed by atoms with van der Waals surface area (Å²) in [6.45, 7) is 3.49. The highest BCUT2D eigenvalue weighted by Gasteiger charge is 2.29. The smallest absolute Gasteiger partial charge is 0.264 e. The Morgan fingerprint density at radius 1 is 1.00 bits per heavy atom. The number of hydrogen-bond donors (Lipinski definition) is 1. The Labute approximate surface area is 199 Å². The quantitative estimate of drug-likeness (QED) is 0.444. The standard InChI is InChI=1S/C24H24Cl2N2O3S/c1-3-18-9-11-19(12-10-18)17(2)27-24(29)16-28(23-14-13-20(25)15-22(23)26)32(30,31)21-7-5-4-6-8-21/h4-15,17H,3,16H2,1-2H3,(H,27,29). The second-order valence-corrected chi connectivity index (χ2v) is 10.0. The highest BCUT2D eigenvalue weighted by Crippen LogP contribution is 2.32. The Bertz CT molecular complexity index is 1180. The maximum Gasteiger partial charge on any atom is 0.264 e. The monoisotopic (exact) mass is 490 g/mol. The van der Waals surface area contributed by atoms with Crippen molar-refractivity contribution in [3.8, 4) is 0 Å². The summed E-state index contributed by atoms with van der Waals surface area (Å²) in [5, 5.41) is 3.37. The predicted octanol–water partition coefficient (Wildman–Crippen LogP) is 5.63. The molecule has 3 rings (SSSR count). The van der Waals surface area contributed by atoms with Gasteiger partial charge >= 0.3 is 0 Å². The molecule has 3 aromatic rings. The summed E-state index contributed by atoms with van der Waals surface area (Å²) in [6.07, 6.45) is 0.926. The molecule has 0 saturated carbocycles. The number of sulfonamides is 1. The largest absolute Gasteiger partial charge is 0.348 e. The molecule has 3 aromatic carbocycles. The van der Waals surface area contributed by atoms with Crippen molar-refractivity contribution in [3.05, 3.63) is 94.0 Å². The lowest BCUT2D eigenvalue weighted by molar-refractivity contribution is -0.120. The Morgan fingerprint density at radius 2 is 1.66 bits per heavy atom. The van der Waals surface area contributed by atoms with Gasteiger partial charge in [0.15, 0.2) is 0 Å². The van der Waals surface area contributed by atoms with Crippen LogP contribution in [-0.4, -0.2) is 20.9 Å². The lowest BCUT2D eigenvalue weighted by Crippen LogP contribution is -2.41. The predicted molar refractivity (Wildman–Crippen MR) is 130 cm³/mol. The number of nitrogens with one attached hydrogen (secondary N) is 1. The Balaban J connectivity index is 1.89. The number of amides is 1. The highest BCUT2D eigenvalue weighted by molar-refractivity contribution is 7.92. The van der Waals surface area contributed by atoms with Crippen LogP contribution < -0.4 is 9.62 Å². The van der Waals surface area contributed by atoms with Crippen molar-refractivity contribution in [1.82, 2.24) is 5.32 Å². The van der Waals surface area contributed by atoms with Crippen LogP contribution in [0.25, 0.3) is 0 Å². The lowest BCUT2D eigenvalue weighted by Gasteiger charge is -2.26. The Morgan fingerprint density at radius 3 is 2.25 bits per heavy atom. The van der Waals surface area contributed by atoms with Gasteiger partial charge in [-0.2, -0.15) is 0 Å². The first-order valence-corrected chi connectivity index (χ1v) is 12.3. The fraction of sp³-hybridized carbons (Fsp3) is 0.208. The third kappa shape index (κ3) is 5.63. The van der Waals surface area contributed by atoms with E-state index in [-0.39, 0.29) is 21.6 Å². The SMILES string of the molecule is CCc1ccc(C(C)NC(=O)CN(c2ccc(Cl)cc2Cl)S(=O)(=O)c2ccccc2)cc1. The molecule has 0 aliphatic rings. The molecule has 0 aromatic heterocycles. The van der Waals surface area contributed by atoms with Crippen LogP contribution in [0, 0.1) is 0 Å². The number of hydrogen-bond acceptors (Lipinski definition) is 3. The second-order valence-electron chi connectivity index (χ2n) is 7.30. The molecule has 0 bridgehead atoms. The van der Waals surface area contributed by atoms with Gasteiger partial charge < -0.3 is 5.32 Å². The minimum absolute atomic E-state index is 0.0574. The summed E-state index contributed by atoms with van der Waals surface area (Å²) in [7, 11) is -4.05. The van der Waals surface area contributed by atoms with Crippen LogP contribution in [0.3, 0.4) is 0 Å². The van der Waals surface area contributed by atoms with E-state index in [1.54, 1.807) is 18.2 Å². The Kier molecular flexibility index (Phi) is 7.82. The van der Waals surface area contributed by atoms with Gasteiger partial charge in [-0.25, -0.2) is 8.42 Å². The fourth-order valence-electron chi connectivity index (χ4n) is 3.25. The summed E-state index contributed by atoms with van der Waals surface area (Å²) >= 11 is 12.3. The molecule has 0 radical (unpaired) electrons. The summed E-state index contributed by atoms with van der Waals surface area (Å²) in [5.74, 6) is -0.456. The summed E-state index contributed by atoms with van der Waals surface area (Å²) < 4.78 is 27.8. The molecule has 1 amide bonds. The van der Waals surface area contributed by atoms with Gasteiger partial charge in [-0.05, 0) is 54.8 Å². The lowest BCUT2D eigenvalue weighted by atomic mass is 10.1. The van der Waals surface area contributed by atoms with Crippen LogP contribution in [-0.2, 0) is 21.2 Å². The van der Waals surface area contributed by atoms with Crippen LogP contribution >= 0.6 is 23.2 Å². The van der Waals surface area contributed by atoms with Gasteiger partial charge in [0.1, 0.15) is 6.54 Å². The number of nitrogens with zero attached hydrogens (tertiary/aromatic N) is 1. The first-order valence-electron chi connectivity index (χ1n) is 10.1. The van der Waals surface area contributed by atoms with Gasteiger partial charge in [0, 0.05) is 5.02 Å². The molecule has 0 saturated heterocycles. The van der Waals surface area contributed by atoms with Crippen molar-refractivity contribution in [3.63, 3.8) is 0 Å². The summed E-state index contributed by atoms with van der Waals surface area (Å²) in [5.41, 5.74) is 2.30. The van der Waals surface area contributed by atoms with E-state index in [0.717, 1.165) is 16.3 Å². The average Bonchev–Trinajstić information content (AvgIpc) is 2.78. The van der Waals surface area contributed by atoms with E-state index in [0.29, 0.717) is 5.02 Å². The third-order valence-corrected chi connectivity index (χ3v) is 7.37. The highest BCUT2D eigenvalue weighted by atomic mass is 35.5. The summed E-state index contributed by atoms with van der Waals surface area (Å²) in [6, 6.07) is 20.0. The van der Waals surface area contributed by atoms with Crippen molar-refractivity contribution in [2.24, 2.45) is 0 Å². The molecule has 8 heteroatoms. The number of carbonyl (C=O) groups is 1. The fourth-order valence-corrected chi connectivity index (χ4v) is 5.27.